The minimum Gasteiger partial charge on any atom is -0.489 e. The number of hydrogen-bond donors (Lipinski definition) is 1. The number of aryl methyl sites for hydroxylation is 1. The summed E-state index contributed by atoms with van der Waals surface area (Å²) in [5.74, 6) is 1.02. The lowest BCUT2D eigenvalue weighted by Gasteiger charge is -2.24. The third kappa shape index (κ3) is 2.96. The topological polar surface area (TPSA) is 21.3 Å². The third-order valence-corrected chi connectivity index (χ3v) is 2.86. The molecule has 0 unspecified atom stereocenters. The largest absolute Gasteiger partial charge is 0.489 e. The monoisotopic (exact) mass is 205 g/mol. The maximum absolute atomic E-state index is 5.94. The van der Waals surface area contributed by atoms with Crippen LogP contribution in [0.25, 0.3) is 0 Å². The summed E-state index contributed by atoms with van der Waals surface area (Å²) in [4.78, 5) is 0. The summed E-state index contributed by atoms with van der Waals surface area (Å²) in [6.07, 6.45) is 3.81. The number of ether oxygens (including phenoxy) is 1. The van der Waals surface area contributed by atoms with Crippen LogP contribution in [-0.4, -0.2) is 19.2 Å². The van der Waals surface area contributed by atoms with Gasteiger partial charge in [-0.25, -0.2) is 0 Å². The normalized spacial score (nSPS) is 21.3. The molecule has 0 spiro atoms. The first-order valence-corrected chi connectivity index (χ1v) is 5.85. The molecule has 2 nitrogen and oxygen atoms in total. The Kier molecular flexibility index (Phi) is 3.62. The second-order valence-electron chi connectivity index (χ2n) is 4.09. The van der Waals surface area contributed by atoms with Crippen molar-refractivity contribution in [3.8, 4) is 5.75 Å². The van der Waals surface area contributed by atoms with E-state index in [0.29, 0.717) is 6.10 Å². The molecule has 1 heterocycles. The average Bonchev–Trinajstić information content (AvgIpc) is 2.31. The van der Waals surface area contributed by atoms with Gasteiger partial charge in [-0.2, -0.15) is 0 Å². The molecule has 0 radical (unpaired) electrons. The van der Waals surface area contributed by atoms with Crippen LogP contribution in [0.4, 0.5) is 0 Å². The van der Waals surface area contributed by atoms with Gasteiger partial charge in [0, 0.05) is 6.54 Å². The minimum absolute atomic E-state index is 0.353. The highest BCUT2D eigenvalue weighted by Gasteiger charge is 2.13. The molecule has 1 atom stereocenters. The van der Waals surface area contributed by atoms with Gasteiger partial charge in [-0.05, 0) is 43.5 Å². The van der Waals surface area contributed by atoms with Crippen LogP contribution in [-0.2, 0) is 6.42 Å². The second kappa shape index (κ2) is 5.17. The zero-order valence-corrected chi connectivity index (χ0v) is 9.33. The van der Waals surface area contributed by atoms with E-state index in [0.717, 1.165) is 25.3 Å². The van der Waals surface area contributed by atoms with Gasteiger partial charge >= 0.3 is 0 Å². The van der Waals surface area contributed by atoms with Gasteiger partial charge in [0.05, 0.1) is 0 Å². The summed E-state index contributed by atoms with van der Waals surface area (Å²) in [6, 6.07) is 8.42. The Morgan fingerprint density at radius 3 is 3.13 bits per heavy atom. The summed E-state index contributed by atoms with van der Waals surface area (Å²) < 4.78 is 5.94. The Hall–Kier alpha value is -1.02. The Morgan fingerprint density at radius 1 is 1.47 bits per heavy atom. The predicted octanol–water partition coefficient (Wildman–Crippen LogP) is 2.38. The highest BCUT2D eigenvalue weighted by molar-refractivity contribution is 5.28. The van der Waals surface area contributed by atoms with E-state index < -0.39 is 0 Å². The van der Waals surface area contributed by atoms with Crippen LogP contribution < -0.4 is 10.1 Å². The van der Waals surface area contributed by atoms with Gasteiger partial charge in [0.1, 0.15) is 11.9 Å². The van der Waals surface area contributed by atoms with Crippen LogP contribution in [0.1, 0.15) is 25.3 Å². The molecule has 2 heteroatoms. The summed E-state index contributed by atoms with van der Waals surface area (Å²) in [5, 5.41) is 3.36. The van der Waals surface area contributed by atoms with Crippen molar-refractivity contribution in [1.29, 1.82) is 0 Å². The van der Waals surface area contributed by atoms with Crippen LogP contribution >= 0.6 is 0 Å². The molecule has 1 aliphatic rings. The molecule has 0 aromatic heterocycles. The van der Waals surface area contributed by atoms with E-state index in [2.05, 4.69) is 30.4 Å². The Bertz CT molecular complexity index is 305. The molecule has 0 saturated carbocycles. The second-order valence-corrected chi connectivity index (χ2v) is 4.09. The standard InChI is InChI=1S/C13H19NO/c1-2-11-5-3-6-12(9-11)15-13-7-4-8-14-10-13/h3,5-6,9,13-14H,2,4,7-8,10H2,1H3/t13-/m1/s1. The van der Waals surface area contributed by atoms with E-state index in [1.807, 2.05) is 6.07 Å². The molecule has 1 saturated heterocycles. The highest BCUT2D eigenvalue weighted by atomic mass is 16.5. The van der Waals surface area contributed by atoms with Gasteiger partial charge in [-0.15, -0.1) is 0 Å². The predicted molar refractivity (Wildman–Crippen MR) is 62.3 cm³/mol. The first-order valence-electron chi connectivity index (χ1n) is 5.85. The lowest BCUT2D eigenvalue weighted by molar-refractivity contribution is 0.167. The number of hydrogen-bond acceptors (Lipinski definition) is 2. The molecule has 1 aliphatic heterocycles. The van der Waals surface area contributed by atoms with Gasteiger partial charge < -0.3 is 10.1 Å². The van der Waals surface area contributed by atoms with Gasteiger partial charge in [0.25, 0.3) is 0 Å². The fraction of sp³-hybridized carbons (Fsp3) is 0.538. The number of nitrogens with one attached hydrogen (secondary N) is 1. The summed E-state index contributed by atoms with van der Waals surface area (Å²) in [7, 11) is 0. The molecular formula is C13H19NO. The Balaban J connectivity index is 1.96. The maximum Gasteiger partial charge on any atom is 0.120 e. The van der Waals surface area contributed by atoms with E-state index in [1.165, 1.54) is 18.4 Å². The third-order valence-electron chi connectivity index (χ3n) is 2.86. The summed E-state index contributed by atoms with van der Waals surface area (Å²) >= 11 is 0. The fourth-order valence-electron chi connectivity index (χ4n) is 1.95. The van der Waals surface area contributed by atoms with Gasteiger partial charge in [0.15, 0.2) is 0 Å². The van der Waals surface area contributed by atoms with E-state index in [9.17, 15) is 0 Å². The van der Waals surface area contributed by atoms with Crippen molar-refractivity contribution in [2.75, 3.05) is 13.1 Å². The first-order chi connectivity index (χ1) is 7.38. The van der Waals surface area contributed by atoms with E-state index >= 15 is 0 Å². The quantitative estimate of drug-likeness (QED) is 0.818. The van der Waals surface area contributed by atoms with Gasteiger partial charge in [0.2, 0.25) is 0 Å². The summed E-state index contributed by atoms with van der Waals surface area (Å²) in [5.41, 5.74) is 1.34. The zero-order chi connectivity index (χ0) is 10.5. The number of rotatable bonds is 3. The van der Waals surface area contributed by atoms with Crippen LogP contribution in [0, 0.1) is 0 Å². The van der Waals surface area contributed by atoms with Crippen LogP contribution in [0.5, 0.6) is 5.75 Å². The van der Waals surface area contributed by atoms with Crippen molar-refractivity contribution in [3.63, 3.8) is 0 Å². The van der Waals surface area contributed by atoms with E-state index in [1.54, 1.807) is 0 Å². The van der Waals surface area contributed by atoms with Gasteiger partial charge in [-0.1, -0.05) is 19.1 Å². The summed E-state index contributed by atoms with van der Waals surface area (Å²) in [6.45, 7) is 4.28. The van der Waals surface area contributed by atoms with Crippen molar-refractivity contribution < 1.29 is 4.74 Å². The van der Waals surface area contributed by atoms with Crippen molar-refractivity contribution in [2.45, 2.75) is 32.3 Å². The SMILES string of the molecule is CCc1cccc(O[C@@H]2CCCNC2)c1. The molecule has 0 aliphatic carbocycles. The molecule has 2 rings (SSSR count). The van der Waals surface area contributed by atoms with Crippen molar-refractivity contribution in [2.24, 2.45) is 0 Å². The zero-order valence-electron chi connectivity index (χ0n) is 9.33. The Labute approximate surface area is 91.6 Å². The van der Waals surface area contributed by atoms with E-state index in [-0.39, 0.29) is 0 Å². The molecule has 15 heavy (non-hydrogen) atoms. The Morgan fingerprint density at radius 2 is 2.40 bits per heavy atom. The van der Waals surface area contributed by atoms with Gasteiger partial charge in [-0.3, -0.25) is 0 Å². The average molecular weight is 205 g/mol. The van der Waals surface area contributed by atoms with Crippen LogP contribution in [0.2, 0.25) is 0 Å². The minimum atomic E-state index is 0.353. The van der Waals surface area contributed by atoms with E-state index in [4.69, 9.17) is 4.74 Å². The van der Waals surface area contributed by atoms with Crippen molar-refractivity contribution in [3.05, 3.63) is 29.8 Å². The lowest BCUT2D eigenvalue weighted by atomic mass is 10.1. The maximum atomic E-state index is 5.94. The highest BCUT2D eigenvalue weighted by Crippen LogP contribution is 2.17. The molecule has 1 fully saturated rings. The van der Waals surface area contributed by atoms with Crippen molar-refractivity contribution in [1.82, 2.24) is 5.32 Å². The number of benzene rings is 1. The molecular weight excluding hydrogens is 186 g/mol. The molecule has 82 valence electrons. The molecule has 0 amide bonds. The first kappa shape index (κ1) is 10.5. The number of piperidine rings is 1. The molecule has 0 bridgehead atoms. The van der Waals surface area contributed by atoms with Crippen LogP contribution in [0.15, 0.2) is 24.3 Å². The fourth-order valence-corrected chi connectivity index (χ4v) is 1.95. The molecule has 1 N–H and O–H groups in total. The van der Waals surface area contributed by atoms with Crippen molar-refractivity contribution >= 4 is 0 Å². The molecule has 1 aromatic carbocycles. The smallest absolute Gasteiger partial charge is 0.120 e. The lowest BCUT2D eigenvalue weighted by Crippen LogP contribution is -2.37. The van der Waals surface area contributed by atoms with Crippen LogP contribution in [0.3, 0.4) is 0 Å². The molecule has 1 aromatic rings.